The zero-order valence-electron chi connectivity index (χ0n) is 19.9. The maximum absolute atomic E-state index is 12.5. The van der Waals surface area contributed by atoms with E-state index in [4.69, 9.17) is 4.74 Å². The van der Waals surface area contributed by atoms with E-state index in [0.717, 1.165) is 19.6 Å². The van der Waals surface area contributed by atoms with Gasteiger partial charge in [0.05, 0.1) is 5.92 Å². The Kier molecular flexibility index (Phi) is 7.93. The summed E-state index contributed by atoms with van der Waals surface area (Å²) in [5, 5.41) is 0. The second kappa shape index (κ2) is 10.5. The van der Waals surface area contributed by atoms with Gasteiger partial charge < -0.3 is 14.5 Å². The summed E-state index contributed by atoms with van der Waals surface area (Å²) >= 11 is 0. The fraction of sp³-hybridized carbons (Fsp3) is 0.640. The van der Waals surface area contributed by atoms with Crippen molar-refractivity contribution in [1.29, 1.82) is 0 Å². The van der Waals surface area contributed by atoms with Gasteiger partial charge in [0.2, 0.25) is 5.91 Å². The zero-order chi connectivity index (χ0) is 23.3. The summed E-state index contributed by atoms with van der Waals surface area (Å²) in [6, 6.07) is 8.50. The third-order valence-electron chi connectivity index (χ3n) is 6.31. The van der Waals surface area contributed by atoms with Crippen LogP contribution in [0.1, 0.15) is 44.7 Å². The number of ether oxygens (including phenoxy) is 1. The van der Waals surface area contributed by atoms with Crippen LogP contribution in [0.2, 0.25) is 0 Å². The number of benzene rings is 1. The molecule has 2 fully saturated rings. The summed E-state index contributed by atoms with van der Waals surface area (Å²) in [7, 11) is 0. The number of aryl methyl sites for hydroxylation is 1. The van der Waals surface area contributed by atoms with Gasteiger partial charge in [-0.05, 0) is 25.3 Å². The number of likely N-dealkylation sites (tertiary alicyclic amines) is 1. The third kappa shape index (κ3) is 6.55. The van der Waals surface area contributed by atoms with Crippen molar-refractivity contribution in [2.24, 2.45) is 11.3 Å². The van der Waals surface area contributed by atoms with Crippen LogP contribution >= 0.6 is 0 Å². The largest absolute Gasteiger partial charge is 0.455 e. The monoisotopic (exact) mass is 443 g/mol. The Hall–Kier alpha value is -2.41. The molecule has 0 aliphatic carbocycles. The maximum Gasteiger partial charge on any atom is 0.309 e. The highest BCUT2D eigenvalue weighted by Crippen LogP contribution is 2.24. The van der Waals surface area contributed by atoms with Crippen molar-refractivity contribution in [2.75, 3.05) is 45.9 Å². The third-order valence-corrected chi connectivity index (χ3v) is 6.31. The molecule has 3 rings (SSSR count). The first kappa shape index (κ1) is 24.2. The van der Waals surface area contributed by atoms with E-state index >= 15 is 0 Å². The van der Waals surface area contributed by atoms with Crippen LogP contribution in [0.3, 0.4) is 0 Å². The number of carbonyl (C=O) groups is 3. The number of esters is 1. The predicted molar refractivity (Wildman–Crippen MR) is 123 cm³/mol. The number of amides is 2. The molecule has 7 heteroatoms. The first-order chi connectivity index (χ1) is 15.1. The lowest BCUT2D eigenvalue weighted by molar-refractivity contribution is -0.158. The van der Waals surface area contributed by atoms with Gasteiger partial charge in [-0.2, -0.15) is 0 Å². The van der Waals surface area contributed by atoms with Crippen LogP contribution in [0.5, 0.6) is 0 Å². The number of hydrogen-bond acceptors (Lipinski definition) is 5. The van der Waals surface area contributed by atoms with E-state index in [1.807, 2.05) is 25.7 Å². The van der Waals surface area contributed by atoms with Crippen LogP contribution < -0.4 is 0 Å². The molecule has 2 heterocycles. The summed E-state index contributed by atoms with van der Waals surface area (Å²) in [5.41, 5.74) is 2.13. The van der Waals surface area contributed by atoms with E-state index in [1.165, 1.54) is 11.1 Å². The molecule has 32 heavy (non-hydrogen) atoms. The highest BCUT2D eigenvalue weighted by Gasteiger charge is 2.33. The SMILES string of the molecule is Cc1cccc(CN2CCN(C(=O)COC(=O)C3CCN(C(=O)C(C)(C)C)CC3)CC2)c1. The Balaban J connectivity index is 1.36. The second-order valence-electron chi connectivity index (χ2n) is 10.1. The normalized spacial score (nSPS) is 18.5. The van der Waals surface area contributed by atoms with Crippen molar-refractivity contribution in [3.8, 4) is 0 Å². The number of nitrogens with zero attached hydrogens (tertiary/aromatic N) is 3. The van der Waals surface area contributed by atoms with Crippen LogP contribution in [-0.4, -0.2) is 78.4 Å². The molecule has 2 aliphatic heterocycles. The summed E-state index contributed by atoms with van der Waals surface area (Å²) in [5.74, 6) is -0.577. The van der Waals surface area contributed by atoms with Crippen molar-refractivity contribution in [3.05, 3.63) is 35.4 Å². The minimum Gasteiger partial charge on any atom is -0.455 e. The minimum absolute atomic E-state index is 0.112. The molecular weight excluding hydrogens is 406 g/mol. The first-order valence-corrected chi connectivity index (χ1v) is 11.6. The van der Waals surface area contributed by atoms with Gasteiger partial charge in [-0.15, -0.1) is 0 Å². The highest BCUT2D eigenvalue weighted by atomic mass is 16.5. The molecule has 0 radical (unpaired) electrons. The Morgan fingerprint density at radius 1 is 0.969 bits per heavy atom. The van der Waals surface area contributed by atoms with E-state index in [0.29, 0.717) is 39.0 Å². The van der Waals surface area contributed by atoms with Crippen LogP contribution in [0.4, 0.5) is 0 Å². The van der Waals surface area contributed by atoms with E-state index in [-0.39, 0.29) is 30.3 Å². The van der Waals surface area contributed by atoms with Gasteiger partial charge in [0, 0.05) is 51.2 Å². The molecule has 0 unspecified atom stereocenters. The number of carbonyl (C=O) groups excluding carboxylic acids is 3. The summed E-state index contributed by atoms with van der Waals surface area (Å²) < 4.78 is 5.35. The first-order valence-electron chi connectivity index (χ1n) is 11.6. The summed E-state index contributed by atoms with van der Waals surface area (Å²) in [6.07, 6.45) is 1.18. The molecule has 7 nitrogen and oxygen atoms in total. The molecule has 1 aromatic carbocycles. The fourth-order valence-electron chi connectivity index (χ4n) is 4.36. The lowest BCUT2D eigenvalue weighted by atomic mass is 9.91. The molecule has 0 bridgehead atoms. The van der Waals surface area contributed by atoms with E-state index in [1.54, 1.807) is 4.90 Å². The highest BCUT2D eigenvalue weighted by molar-refractivity contribution is 5.83. The molecule has 2 saturated heterocycles. The van der Waals surface area contributed by atoms with Gasteiger partial charge in [-0.1, -0.05) is 50.6 Å². The quantitative estimate of drug-likeness (QED) is 0.654. The van der Waals surface area contributed by atoms with Crippen LogP contribution in [-0.2, 0) is 25.7 Å². The van der Waals surface area contributed by atoms with Gasteiger partial charge in [0.1, 0.15) is 0 Å². The lowest BCUT2D eigenvalue weighted by Gasteiger charge is -2.35. The molecular formula is C25H37N3O4. The molecule has 176 valence electrons. The van der Waals surface area contributed by atoms with Crippen molar-refractivity contribution in [3.63, 3.8) is 0 Å². The van der Waals surface area contributed by atoms with Crippen molar-refractivity contribution >= 4 is 17.8 Å². The summed E-state index contributed by atoms with van der Waals surface area (Å²) in [6.45, 7) is 12.5. The van der Waals surface area contributed by atoms with Crippen molar-refractivity contribution < 1.29 is 19.1 Å². The molecule has 0 saturated carbocycles. The Morgan fingerprint density at radius 2 is 1.62 bits per heavy atom. The van der Waals surface area contributed by atoms with Gasteiger partial charge in [-0.3, -0.25) is 19.3 Å². The average molecular weight is 444 g/mol. The standard InChI is InChI=1S/C25H37N3O4/c1-19-6-5-7-20(16-19)17-26-12-14-27(15-13-26)22(29)18-32-23(30)21-8-10-28(11-9-21)24(31)25(2,3)4/h5-7,16,21H,8-15,17-18H2,1-4H3. The Labute approximate surface area is 191 Å². The predicted octanol–water partition coefficient (Wildman–Crippen LogP) is 2.47. The molecule has 0 aromatic heterocycles. The second-order valence-corrected chi connectivity index (χ2v) is 10.1. The number of piperazine rings is 1. The average Bonchev–Trinajstić information content (AvgIpc) is 2.77. The van der Waals surface area contributed by atoms with Crippen molar-refractivity contribution in [1.82, 2.24) is 14.7 Å². The number of piperidine rings is 1. The van der Waals surface area contributed by atoms with Crippen LogP contribution in [0.15, 0.2) is 24.3 Å². The van der Waals surface area contributed by atoms with Gasteiger partial charge >= 0.3 is 5.97 Å². The maximum atomic E-state index is 12.5. The van der Waals surface area contributed by atoms with Crippen LogP contribution in [0, 0.1) is 18.3 Å². The van der Waals surface area contributed by atoms with E-state index in [9.17, 15) is 14.4 Å². The fourth-order valence-corrected chi connectivity index (χ4v) is 4.36. The summed E-state index contributed by atoms with van der Waals surface area (Å²) in [4.78, 5) is 43.3. The van der Waals surface area contributed by atoms with Gasteiger partial charge in [-0.25, -0.2) is 0 Å². The molecule has 1 aromatic rings. The van der Waals surface area contributed by atoms with Crippen molar-refractivity contribution in [2.45, 2.75) is 47.1 Å². The lowest BCUT2D eigenvalue weighted by Crippen LogP contribution is -2.49. The smallest absolute Gasteiger partial charge is 0.309 e. The van der Waals surface area contributed by atoms with E-state index < -0.39 is 5.41 Å². The zero-order valence-corrected chi connectivity index (χ0v) is 19.9. The number of hydrogen-bond donors (Lipinski definition) is 0. The molecule has 2 aliphatic rings. The topological polar surface area (TPSA) is 70.2 Å². The van der Waals surface area contributed by atoms with Gasteiger partial charge in [0.15, 0.2) is 6.61 Å². The molecule has 0 atom stereocenters. The van der Waals surface area contributed by atoms with Gasteiger partial charge in [0.25, 0.3) is 5.91 Å². The van der Waals surface area contributed by atoms with E-state index in [2.05, 4.69) is 36.1 Å². The minimum atomic E-state index is -0.413. The molecule has 2 amide bonds. The van der Waals surface area contributed by atoms with Crippen LogP contribution in [0.25, 0.3) is 0 Å². The molecule has 0 N–H and O–H groups in total. The number of rotatable bonds is 5. The Morgan fingerprint density at radius 3 is 2.22 bits per heavy atom. The molecule has 0 spiro atoms. The Bertz CT molecular complexity index is 817.